The number of nitrogens with one attached hydrogen (secondary N) is 2. The standard InChI is InChI=1S/C10H15N3O3/c1-10(2,5-3-8(14)15)12-9(16)7-4-6-11-13-7/h4,6H,3,5H2,1-2H3,(H,11,13)(H,12,16)(H,14,15). The Balaban J connectivity index is 2.52. The molecule has 3 N–H and O–H groups in total. The summed E-state index contributed by atoms with van der Waals surface area (Å²) in [5, 5.41) is 17.5. The maximum absolute atomic E-state index is 11.6. The van der Waals surface area contributed by atoms with Gasteiger partial charge in [-0.05, 0) is 26.3 Å². The van der Waals surface area contributed by atoms with Gasteiger partial charge in [-0.15, -0.1) is 0 Å². The van der Waals surface area contributed by atoms with Crippen molar-refractivity contribution in [2.45, 2.75) is 32.2 Å². The first kappa shape index (κ1) is 12.2. The molecule has 1 aromatic rings. The van der Waals surface area contributed by atoms with Gasteiger partial charge in [-0.1, -0.05) is 0 Å². The topological polar surface area (TPSA) is 95.1 Å². The van der Waals surface area contributed by atoms with Crippen molar-refractivity contribution in [2.75, 3.05) is 0 Å². The van der Waals surface area contributed by atoms with Gasteiger partial charge in [0.15, 0.2) is 0 Å². The van der Waals surface area contributed by atoms with Crippen LogP contribution in [-0.2, 0) is 4.79 Å². The Labute approximate surface area is 93.1 Å². The fraction of sp³-hybridized carbons (Fsp3) is 0.500. The highest BCUT2D eigenvalue weighted by atomic mass is 16.4. The zero-order valence-corrected chi connectivity index (χ0v) is 9.28. The van der Waals surface area contributed by atoms with E-state index in [1.54, 1.807) is 19.9 Å². The molecule has 0 aliphatic rings. The molecule has 1 heterocycles. The predicted octanol–water partition coefficient (Wildman–Crippen LogP) is 0.783. The van der Waals surface area contributed by atoms with Gasteiger partial charge in [0.25, 0.3) is 5.91 Å². The zero-order chi connectivity index (χ0) is 12.2. The Kier molecular flexibility index (Phi) is 3.65. The minimum Gasteiger partial charge on any atom is -0.481 e. The second-order valence-electron chi connectivity index (χ2n) is 4.20. The number of carbonyl (C=O) groups excluding carboxylic acids is 1. The van der Waals surface area contributed by atoms with Crippen LogP contribution < -0.4 is 5.32 Å². The highest BCUT2D eigenvalue weighted by molar-refractivity contribution is 5.92. The Morgan fingerprint density at radius 2 is 2.25 bits per heavy atom. The smallest absolute Gasteiger partial charge is 0.303 e. The molecule has 0 unspecified atom stereocenters. The lowest BCUT2D eigenvalue weighted by atomic mass is 9.98. The van der Waals surface area contributed by atoms with E-state index in [-0.39, 0.29) is 12.3 Å². The third-order valence-corrected chi connectivity index (χ3v) is 2.16. The van der Waals surface area contributed by atoms with E-state index in [1.807, 2.05) is 0 Å². The molecule has 0 fully saturated rings. The molecule has 1 rings (SSSR count). The third-order valence-electron chi connectivity index (χ3n) is 2.16. The zero-order valence-electron chi connectivity index (χ0n) is 9.28. The van der Waals surface area contributed by atoms with E-state index in [0.717, 1.165) is 0 Å². The summed E-state index contributed by atoms with van der Waals surface area (Å²) in [5.41, 5.74) is -0.191. The number of carbonyl (C=O) groups is 2. The van der Waals surface area contributed by atoms with Crippen LogP contribution in [0.25, 0.3) is 0 Å². The molecule has 16 heavy (non-hydrogen) atoms. The van der Waals surface area contributed by atoms with Gasteiger partial charge in [-0.3, -0.25) is 14.7 Å². The van der Waals surface area contributed by atoms with Gasteiger partial charge in [0, 0.05) is 18.2 Å². The fourth-order valence-corrected chi connectivity index (χ4v) is 1.24. The van der Waals surface area contributed by atoms with Crippen molar-refractivity contribution in [1.82, 2.24) is 15.5 Å². The number of carboxylic acids is 1. The quantitative estimate of drug-likeness (QED) is 0.690. The largest absolute Gasteiger partial charge is 0.481 e. The molecule has 88 valence electrons. The number of aliphatic carboxylic acids is 1. The predicted molar refractivity (Wildman–Crippen MR) is 57.0 cm³/mol. The average Bonchev–Trinajstić information content (AvgIpc) is 2.67. The van der Waals surface area contributed by atoms with E-state index in [4.69, 9.17) is 5.11 Å². The summed E-state index contributed by atoms with van der Waals surface area (Å²) in [4.78, 5) is 22.1. The van der Waals surface area contributed by atoms with Crippen molar-refractivity contribution in [1.29, 1.82) is 0 Å². The molecule has 0 atom stereocenters. The van der Waals surface area contributed by atoms with E-state index >= 15 is 0 Å². The van der Waals surface area contributed by atoms with E-state index in [2.05, 4.69) is 15.5 Å². The summed E-state index contributed by atoms with van der Waals surface area (Å²) in [6.45, 7) is 3.56. The summed E-state index contributed by atoms with van der Waals surface area (Å²) in [6.07, 6.45) is 1.89. The molecule has 1 aromatic heterocycles. The number of amides is 1. The minimum absolute atomic E-state index is 0.0241. The van der Waals surface area contributed by atoms with Crippen LogP contribution in [-0.4, -0.2) is 32.7 Å². The fourth-order valence-electron chi connectivity index (χ4n) is 1.24. The van der Waals surface area contributed by atoms with E-state index in [0.29, 0.717) is 12.1 Å². The molecular weight excluding hydrogens is 210 g/mol. The second kappa shape index (κ2) is 4.78. The van der Waals surface area contributed by atoms with Crippen LogP contribution in [0.1, 0.15) is 37.2 Å². The molecule has 0 aliphatic carbocycles. The first-order valence-electron chi connectivity index (χ1n) is 4.94. The van der Waals surface area contributed by atoms with Crippen LogP contribution in [0.3, 0.4) is 0 Å². The van der Waals surface area contributed by atoms with Crippen LogP contribution in [0, 0.1) is 0 Å². The summed E-state index contributed by atoms with van der Waals surface area (Å²) < 4.78 is 0. The molecule has 0 aliphatic heterocycles. The number of aromatic nitrogens is 2. The van der Waals surface area contributed by atoms with Crippen LogP contribution in [0.15, 0.2) is 12.3 Å². The number of carboxylic acid groups (broad SMARTS) is 1. The molecular formula is C10H15N3O3. The number of nitrogens with zero attached hydrogens (tertiary/aromatic N) is 1. The number of hydrogen-bond acceptors (Lipinski definition) is 3. The molecule has 0 aromatic carbocycles. The summed E-state index contributed by atoms with van der Waals surface area (Å²) >= 11 is 0. The normalized spacial score (nSPS) is 11.1. The van der Waals surface area contributed by atoms with Gasteiger partial charge in [0.05, 0.1) is 0 Å². The Bertz CT molecular complexity index is 371. The van der Waals surface area contributed by atoms with Gasteiger partial charge < -0.3 is 10.4 Å². The van der Waals surface area contributed by atoms with Crippen molar-refractivity contribution in [3.05, 3.63) is 18.0 Å². The summed E-state index contributed by atoms with van der Waals surface area (Å²) in [5.74, 6) is -1.16. The van der Waals surface area contributed by atoms with E-state index < -0.39 is 11.5 Å². The highest BCUT2D eigenvalue weighted by Gasteiger charge is 2.22. The van der Waals surface area contributed by atoms with Gasteiger partial charge in [-0.2, -0.15) is 5.10 Å². The summed E-state index contributed by atoms with van der Waals surface area (Å²) in [7, 11) is 0. The van der Waals surface area contributed by atoms with E-state index in [9.17, 15) is 9.59 Å². The molecule has 0 bridgehead atoms. The molecule has 0 saturated heterocycles. The second-order valence-corrected chi connectivity index (χ2v) is 4.20. The lowest BCUT2D eigenvalue weighted by molar-refractivity contribution is -0.137. The number of hydrogen-bond donors (Lipinski definition) is 3. The number of H-pyrrole nitrogens is 1. The summed E-state index contributed by atoms with van der Waals surface area (Å²) in [6, 6.07) is 1.56. The Hall–Kier alpha value is -1.85. The SMILES string of the molecule is CC(C)(CCC(=O)O)NC(=O)c1ccn[nH]1. The van der Waals surface area contributed by atoms with Crippen LogP contribution >= 0.6 is 0 Å². The van der Waals surface area contributed by atoms with Gasteiger partial charge in [0.2, 0.25) is 0 Å². The molecule has 0 saturated carbocycles. The van der Waals surface area contributed by atoms with Gasteiger partial charge in [0.1, 0.15) is 5.69 Å². The number of aromatic amines is 1. The lowest BCUT2D eigenvalue weighted by Crippen LogP contribution is -2.43. The van der Waals surface area contributed by atoms with Crippen molar-refractivity contribution in [3.8, 4) is 0 Å². The molecule has 6 heteroatoms. The molecule has 0 spiro atoms. The Morgan fingerprint density at radius 1 is 1.56 bits per heavy atom. The van der Waals surface area contributed by atoms with Crippen LogP contribution in [0.5, 0.6) is 0 Å². The number of rotatable bonds is 5. The van der Waals surface area contributed by atoms with E-state index in [1.165, 1.54) is 6.20 Å². The third kappa shape index (κ3) is 3.72. The van der Waals surface area contributed by atoms with Crippen molar-refractivity contribution >= 4 is 11.9 Å². The minimum atomic E-state index is -0.871. The highest BCUT2D eigenvalue weighted by Crippen LogP contribution is 2.12. The van der Waals surface area contributed by atoms with Gasteiger partial charge in [-0.25, -0.2) is 0 Å². The Morgan fingerprint density at radius 3 is 2.75 bits per heavy atom. The maximum Gasteiger partial charge on any atom is 0.303 e. The monoisotopic (exact) mass is 225 g/mol. The average molecular weight is 225 g/mol. The molecule has 0 radical (unpaired) electrons. The molecule has 6 nitrogen and oxygen atoms in total. The first-order valence-corrected chi connectivity index (χ1v) is 4.94. The van der Waals surface area contributed by atoms with Gasteiger partial charge >= 0.3 is 5.97 Å². The lowest BCUT2D eigenvalue weighted by Gasteiger charge is -2.25. The van der Waals surface area contributed by atoms with Crippen LogP contribution in [0.2, 0.25) is 0 Å². The maximum atomic E-state index is 11.6. The van der Waals surface area contributed by atoms with Crippen molar-refractivity contribution in [3.63, 3.8) is 0 Å². The first-order chi connectivity index (χ1) is 7.41. The molecule has 1 amide bonds. The van der Waals surface area contributed by atoms with Crippen LogP contribution in [0.4, 0.5) is 0 Å². The van der Waals surface area contributed by atoms with Crippen molar-refractivity contribution in [2.24, 2.45) is 0 Å². The van der Waals surface area contributed by atoms with Crippen molar-refractivity contribution < 1.29 is 14.7 Å².